The molecule has 0 atom stereocenters. The van der Waals surface area contributed by atoms with Crippen molar-refractivity contribution in [1.29, 1.82) is 5.26 Å². The normalized spacial score (nSPS) is 10.6. The number of hydrogen-bond acceptors (Lipinski definition) is 5. The van der Waals surface area contributed by atoms with Crippen LogP contribution in [0.5, 0.6) is 0 Å². The third-order valence-corrected chi connectivity index (χ3v) is 3.23. The predicted octanol–water partition coefficient (Wildman–Crippen LogP) is 1.66. The van der Waals surface area contributed by atoms with E-state index in [0.717, 1.165) is 6.07 Å². The van der Waals surface area contributed by atoms with E-state index in [1.165, 1.54) is 12.1 Å². The fourth-order valence-electron chi connectivity index (χ4n) is 1.17. The van der Waals surface area contributed by atoms with Gasteiger partial charge >= 0.3 is 5.97 Å². The van der Waals surface area contributed by atoms with Crippen LogP contribution in [0.15, 0.2) is 23.1 Å². The Hall–Kier alpha value is -1.58. The Kier molecular flexibility index (Phi) is 4.10. The Labute approximate surface area is 103 Å². The number of ether oxygens (including phenoxy) is 1. The molecule has 7 heteroatoms. The van der Waals surface area contributed by atoms with Crippen molar-refractivity contribution < 1.29 is 17.9 Å². The summed E-state index contributed by atoms with van der Waals surface area (Å²) in [5.41, 5.74) is -0.0851. The van der Waals surface area contributed by atoms with Crippen molar-refractivity contribution >= 4 is 25.7 Å². The third-order valence-electron chi connectivity index (χ3n) is 1.87. The molecule has 0 heterocycles. The number of carbonyl (C=O) groups is 1. The van der Waals surface area contributed by atoms with Crippen LogP contribution in [0.2, 0.25) is 0 Å². The van der Waals surface area contributed by atoms with E-state index < -0.39 is 19.9 Å². The van der Waals surface area contributed by atoms with Crippen LogP contribution in [-0.4, -0.2) is 21.0 Å². The first-order valence-corrected chi connectivity index (χ1v) is 6.87. The maximum Gasteiger partial charge on any atom is 0.339 e. The van der Waals surface area contributed by atoms with Gasteiger partial charge in [0.25, 0.3) is 9.05 Å². The molecule has 0 aromatic heterocycles. The van der Waals surface area contributed by atoms with Gasteiger partial charge in [0.1, 0.15) is 0 Å². The summed E-state index contributed by atoms with van der Waals surface area (Å²) in [4.78, 5) is 11.1. The van der Waals surface area contributed by atoms with E-state index in [-0.39, 0.29) is 17.7 Å². The van der Waals surface area contributed by atoms with Crippen molar-refractivity contribution in [3.8, 4) is 6.07 Å². The smallest absolute Gasteiger partial charge is 0.339 e. The van der Waals surface area contributed by atoms with Crippen molar-refractivity contribution in [2.75, 3.05) is 6.61 Å². The number of hydrogen-bond donors (Lipinski definition) is 0. The average Bonchev–Trinajstić information content (AvgIpc) is 2.27. The fourth-order valence-corrected chi connectivity index (χ4v) is 2.24. The Morgan fingerprint density at radius 3 is 2.65 bits per heavy atom. The summed E-state index contributed by atoms with van der Waals surface area (Å²) in [6, 6.07) is 5.32. The molecule has 1 aromatic carbocycles. The Balaban J connectivity index is 3.42. The second kappa shape index (κ2) is 5.17. The van der Waals surface area contributed by atoms with Crippen LogP contribution >= 0.6 is 10.7 Å². The zero-order chi connectivity index (χ0) is 13.1. The van der Waals surface area contributed by atoms with Gasteiger partial charge in [0, 0.05) is 10.7 Å². The van der Waals surface area contributed by atoms with Crippen LogP contribution in [0.3, 0.4) is 0 Å². The van der Waals surface area contributed by atoms with E-state index >= 15 is 0 Å². The van der Waals surface area contributed by atoms with E-state index in [1.807, 2.05) is 0 Å². The molecule has 0 saturated heterocycles. The molecular formula is C10H8ClNO4S. The summed E-state index contributed by atoms with van der Waals surface area (Å²) in [5, 5.41) is 8.66. The molecule has 0 aliphatic rings. The molecule has 0 spiro atoms. The number of nitriles is 1. The Morgan fingerprint density at radius 1 is 1.53 bits per heavy atom. The first-order chi connectivity index (χ1) is 7.90. The molecule has 0 radical (unpaired) electrons. The van der Waals surface area contributed by atoms with Crippen molar-refractivity contribution in [1.82, 2.24) is 0 Å². The number of esters is 1. The van der Waals surface area contributed by atoms with E-state index in [4.69, 9.17) is 20.7 Å². The molecule has 17 heavy (non-hydrogen) atoms. The maximum absolute atomic E-state index is 11.5. The van der Waals surface area contributed by atoms with Gasteiger partial charge in [0.2, 0.25) is 0 Å². The molecule has 90 valence electrons. The SMILES string of the molecule is CCOC(=O)c1ccc(C#N)cc1S(=O)(=O)Cl. The largest absolute Gasteiger partial charge is 0.462 e. The highest BCUT2D eigenvalue weighted by molar-refractivity contribution is 8.13. The molecule has 0 bridgehead atoms. The van der Waals surface area contributed by atoms with Gasteiger partial charge in [-0.15, -0.1) is 0 Å². The molecule has 0 saturated carbocycles. The standard InChI is InChI=1S/C10H8ClNO4S/c1-2-16-10(13)8-4-3-7(6-12)5-9(8)17(11,14)15/h3-5H,2H2,1H3. The van der Waals surface area contributed by atoms with Gasteiger partial charge < -0.3 is 4.74 Å². The minimum atomic E-state index is -4.11. The quantitative estimate of drug-likeness (QED) is 0.618. The highest BCUT2D eigenvalue weighted by Gasteiger charge is 2.22. The second-order valence-electron chi connectivity index (χ2n) is 2.98. The van der Waals surface area contributed by atoms with Gasteiger partial charge in [0.15, 0.2) is 0 Å². The fraction of sp³-hybridized carbons (Fsp3) is 0.200. The van der Waals surface area contributed by atoms with Gasteiger partial charge in [-0.2, -0.15) is 5.26 Å². The lowest BCUT2D eigenvalue weighted by Gasteiger charge is -2.06. The maximum atomic E-state index is 11.5. The van der Waals surface area contributed by atoms with Crippen LogP contribution in [0, 0.1) is 11.3 Å². The number of rotatable bonds is 3. The van der Waals surface area contributed by atoms with Crippen LogP contribution < -0.4 is 0 Å². The molecule has 1 rings (SSSR count). The number of nitrogens with zero attached hydrogens (tertiary/aromatic N) is 1. The van der Waals surface area contributed by atoms with Crippen molar-refractivity contribution in [2.45, 2.75) is 11.8 Å². The van der Waals surface area contributed by atoms with Crippen LogP contribution in [-0.2, 0) is 13.8 Å². The summed E-state index contributed by atoms with van der Waals surface area (Å²) in [6.45, 7) is 1.71. The monoisotopic (exact) mass is 273 g/mol. The van der Waals surface area contributed by atoms with Crippen LogP contribution in [0.4, 0.5) is 0 Å². The lowest BCUT2D eigenvalue weighted by atomic mass is 10.1. The summed E-state index contributed by atoms with van der Waals surface area (Å²) in [7, 11) is 1.08. The molecule has 0 fully saturated rings. The third kappa shape index (κ3) is 3.19. The minimum Gasteiger partial charge on any atom is -0.462 e. The lowest BCUT2D eigenvalue weighted by Crippen LogP contribution is -2.09. The summed E-state index contributed by atoms with van der Waals surface area (Å²) in [6.07, 6.45) is 0. The van der Waals surface area contributed by atoms with Gasteiger partial charge in [-0.3, -0.25) is 0 Å². The highest BCUT2D eigenvalue weighted by Crippen LogP contribution is 2.22. The molecule has 0 aliphatic carbocycles. The lowest BCUT2D eigenvalue weighted by molar-refractivity contribution is 0.0522. The molecule has 0 N–H and O–H groups in total. The number of benzene rings is 1. The van der Waals surface area contributed by atoms with Gasteiger partial charge in [-0.25, -0.2) is 13.2 Å². The van der Waals surface area contributed by atoms with E-state index in [2.05, 4.69) is 0 Å². The van der Waals surface area contributed by atoms with E-state index in [9.17, 15) is 13.2 Å². The summed E-state index contributed by atoms with van der Waals surface area (Å²) < 4.78 is 27.2. The highest BCUT2D eigenvalue weighted by atomic mass is 35.7. The Morgan fingerprint density at radius 2 is 2.18 bits per heavy atom. The van der Waals surface area contributed by atoms with E-state index in [0.29, 0.717) is 0 Å². The van der Waals surface area contributed by atoms with Crippen molar-refractivity contribution in [3.63, 3.8) is 0 Å². The topological polar surface area (TPSA) is 84.2 Å². The number of halogens is 1. The van der Waals surface area contributed by atoms with Crippen molar-refractivity contribution in [2.24, 2.45) is 0 Å². The molecule has 1 aromatic rings. The molecule has 0 amide bonds. The molecule has 0 unspecified atom stereocenters. The van der Waals surface area contributed by atoms with Gasteiger partial charge in [0.05, 0.1) is 28.7 Å². The van der Waals surface area contributed by atoms with Crippen LogP contribution in [0.1, 0.15) is 22.8 Å². The molecule has 5 nitrogen and oxygen atoms in total. The minimum absolute atomic E-state index is 0.0947. The zero-order valence-corrected chi connectivity index (χ0v) is 10.4. The second-order valence-corrected chi connectivity index (χ2v) is 5.52. The average molecular weight is 274 g/mol. The van der Waals surface area contributed by atoms with Gasteiger partial charge in [-0.05, 0) is 25.1 Å². The molecular weight excluding hydrogens is 266 g/mol. The predicted molar refractivity (Wildman–Crippen MR) is 60.2 cm³/mol. The van der Waals surface area contributed by atoms with E-state index in [1.54, 1.807) is 13.0 Å². The van der Waals surface area contributed by atoms with Crippen molar-refractivity contribution in [3.05, 3.63) is 29.3 Å². The first-order valence-electron chi connectivity index (χ1n) is 4.56. The summed E-state index contributed by atoms with van der Waals surface area (Å²) >= 11 is 0. The number of carbonyl (C=O) groups excluding carboxylic acids is 1. The summed E-state index contributed by atoms with van der Waals surface area (Å²) in [5.74, 6) is -0.795. The zero-order valence-electron chi connectivity index (χ0n) is 8.81. The Bertz CT molecular complexity index is 589. The first kappa shape index (κ1) is 13.5. The molecule has 0 aliphatic heterocycles. The van der Waals surface area contributed by atoms with Gasteiger partial charge in [-0.1, -0.05) is 0 Å². The van der Waals surface area contributed by atoms with Crippen LogP contribution in [0.25, 0.3) is 0 Å².